The van der Waals surface area contributed by atoms with E-state index in [9.17, 15) is 9.59 Å². The maximum Gasteiger partial charge on any atom is 0.267 e. The number of aromatic nitrogens is 1. The van der Waals surface area contributed by atoms with Crippen molar-refractivity contribution in [1.29, 1.82) is 0 Å². The van der Waals surface area contributed by atoms with Crippen molar-refractivity contribution < 1.29 is 14.3 Å². The fourth-order valence-electron chi connectivity index (χ4n) is 2.25. The predicted molar refractivity (Wildman–Crippen MR) is 73.1 cm³/mol. The van der Waals surface area contributed by atoms with E-state index in [4.69, 9.17) is 4.74 Å². The van der Waals surface area contributed by atoms with Crippen LogP contribution in [-0.2, 0) is 0 Å². The highest BCUT2D eigenvalue weighted by atomic mass is 16.5. The molecule has 20 heavy (non-hydrogen) atoms. The summed E-state index contributed by atoms with van der Waals surface area (Å²) in [4.78, 5) is 30.0. The first-order valence-electron chi connectivity index (χ1n) is 6.12. The molecule has 5 heteroatoms. The lowest BCUT2D eigenvalue weighted by molar-refractivity contribution is 0.0925. The van der Waals surface area contributed by atoms with Gasteiger partial charge >= 0.3 is 0 Å². The Bertz CT molecular complexity index is 690. The van der Waals surface area contributed by atoms with Gasteiger partial charge in [-0.2, -0.15) is 0 Å². The predicted octanol–water partition coefficient (Wildman–Crippen LogP) is 2.20. The first kappa shape index (κ1) is 12.3. The van der Waals surface area contributed by atoms with Gasteiger partial charge in [-0.3, -0.25) is 9.59 Å². The van der Waals surface area contributed by atoms with Crippen molar-refractivity contribution in [2.24, 2.45) is 0 Å². The van der Waals surface area contributed by atoms with Gasteiger partial charge in [0.05, 0.1) is 18.2 Å². The zero-order valence-electron chi connectivity index (χ0n) is 11.1. The minimum absolute atomic E-state index is 0.285. The third-order valence-corrected chi connectivity index (χ3v) is 3.17. The number of fused-ring (bicyclic) bond motifs is 1. The maximum atomic E-state index is 12.3. The van der Waals surface area contributed by atoms with Gasteiger partial charge in [-0.05, 0) is 19.1 Å². The molecule has 100 valence electrons. The van der Waals surface area contributed by atoms with Crippen LogP contribution in [0.4, 0.5) is 5.82 Å². The molecule has 2 aromatic rings. The van der Waals surface area contributed by atoms with Crippen LogP contribution < -0.4 is 9.64 Å². The zero-order chi connectivity index (χ0) is 14.3. The Hall–Kier alpha value is -2.69. The molecule has 0 N–H and O–H groups in total. The topological polar surface area (TPSA) is 59.5 Å². The number of nitrogens with zero attached hydrogens (tertiary/aromatic N) is 2. The average molecular weight is 268 g/mol. The van der Waals surface area contributed by atoms with Crippen molar-refractivity contribution in [3.63, 3.8) is 0 Å². The number of imide groups is 1. The van der Waals surface area contributed by atoms with Gasteiger partial charge in [0.15, 0.2) is 0 Å². The van der Waals surface area contributed by atoms with Crippen molar-refractivity contribution in [2.75, 3.05) is 12.0 Å². The Balaban J connectivity index is 2.11. The standard InChI is InChI=1S/C15H12N2O3/c1-9-7-10(20-2)8-13(16-9)17-14(18)11-5-3-4-6-12(11)15(17)19/h3-8H,1-2H3. The molecule has 1 aromatic carbocycles. The summed E-state index contributed by atoms with van der Waals surface area (Å²) < 4.78 is 5.15. The molecular formula is C15H12N2O3. The van der Waals surface area contributed by atoms with E-state index in [0.29, 0.717) is 22.6 Å². The molecule has 2 amide bonds. The van der Waals surface area contributed by atoms with Crippen molar-refractivity contribution in [3.05, 3.63) is 53.2 Å². The zero-order valence-corrected chi connectivity index (χ0v) is 11.1. The van der Waals surface area contributed by atoms with E-state index in [1.807, 2.05) is 0 Å². The first-order valence-corrected chi connectivity index (χ1v) is 6.12. The summed E-state index contributed by atoms with van der Waals surface area (Å²) >= 11 is 0. The summed E-state index contributed by atoms with van der Waals surface area (Å²) in [5, 5.41) is 0. The second-order valence-electron chi connectivity index (χ2n) is 4.50. The summed E-state index contributed by atoms with van der Waals surface area (Å²) in [6.07, 6.45) is 0. The Kier molecular flexibility index (Phi) is 2.75. The fourth-order valence-corrected chi connectivity index (χ4v) is 2.25. The number of carbonyl (C=O) groups excluding carboxylic acids is 2. The molecule has 0 saturated heterocycles. The Morgan fingerprint density at radius 2 is 1.65 bits per heavy atom. The molecule has 1 aliphatic rings. The van der Waals surface area contributed by atoms with E-state index in [1.54, 1.807) is 43.3 Å². The highest BCUT2D eigenvalue weighted by Crippen LogP contribution is 2.29. The lowest BCUT2D eigenvalue weighted by atomic mass is 10.1. The molecule has 1 aliphatic heterocycles. The molecule has 0 aliphatic carbocycles. The number of anilines is 1. The second kappa shape index (κ2) is 4.45. The van der Waals surface area contributed by atoms with Crippen LogP contribution >= 0.6 is 0 Å². The monoisotopic (exact) mass is 268 g/mol. The number of carbonyl (C=O) groups is 2. The van der Waals surface area contributed by atoms with Crippen LogP contribution in [0.2, 0.25) is 0 Å². The van der Waals surface area contributed by atoms with Gasteiger partial charge < -0.3 is 4.74 Å². The minimum Gasteiger partial charge on any atom is -0.497 e. The number of methoxy groups -OCH3 is 1. The summed E-state index contributed by atoms with van der Waals surface area (Å²) in [5.74, 6) is 0.133. The van der Waals surface area contributed by atoms with E-state index >= 15 is 0 Å². The highest BCUT2D eigenvalue weighted by molar-refractivity contribution is 6.34. The number of rotatable bonds is 2. The smallest absolute Gasteiger partial charge is 0.267 e. The minimum atomic E-state index is -0.356. The normalized spacial score (nSPS) is 13.6. The van der Waals surface area contributed by atoms with E-state index in [0.717, 1.165) is 4.90 Å². The molecule has 0 saturated carbocycles. The lowest BCUT2D eigenvalue weighted by Crippen LogP contribution is -2.30. The molecule has 0 bridgehead atoms. The fraction of sp³-hybridized carbons (Fsp3) is 0.133. The van der Waals surface area contributed by atoms with E-state index < -0.39 is 0 Å². The van der Waals surface area contributed by atoms with Crippen molar-refractivity contribution >= 4 is 17.6 Å². The van der Waals surface area contributed by atoms with Crippen LogP contribution in [-0.4, -0.2) is 23.9 Å². The quantitative estimate of drug-likeness (QED) is 0.783. The molecular weight excluding hydrogens is 256 g/mol. The summed E-state index contributed by atoms with van der Waals surface area (Å²) in [6, 6.07) is 10.1. The van der Waals surface area contributed by atoms with Crippen LogP contribution in [0.25, 0.3) is 0 Å². The molecule has 0 unspecified atom stereocenters. The van der Waals surface area contributed by atoms with E-state index in [-0.39, 0.29) is 17.6 Å². The summed E-state index contributed by atoms with van der Waals surface area (Å²) in [5.41, 5.74) is 1.48. The van der Waals surface area contributed by atoms with Gasteiger partial charge in [0.2, 0.25) is 0 Å². The van der Waals surface area contributed by atoms with Crippen LogP contribution in [0, 0.1) is 6.92 Å². The molecule has 0 fully saturated rings. The molecule has 0 spiro atoms. The van der Waals surface area contributed by atoms with E-state index in [1.165, 1.54) is 7.11 Å². The molecule has 2 heterocycles. The molecule has 5 nitrogen and oxygen atoms in total. The Morgan fingerprint density at radius 3 is 2.20 bits per heavy atom. The van der Waals surface area contributed by atoms with Crippen LogP contribution in [0.5, 0.6) is 5.75 Å². The van der Waals surface area contributed by atoms with Crippen LogP contribution in [0.15, 0.2) is 36.4 Å². The molecule has 0 atom stereocenters. The second-order valence-corrected chi connectivity index (χ2v) is 4.50. The van der Waals surface area contributed by atoms with Crippen LogP contribution in [0.1, 0.15) is 26.4 Å². The van der Waals surface area contributed by atoms with Gasteiger partial charge in [-0.15, -0.1) is 0 Å². The van der Waals surface area contributed by atoms with Gasteiger partial charge in [0.1, 0.15) is 11.6 Å². The SMILES string of the molecule is COc1cc(C)nc(N2C(=O)c3ccccc3C2=O)c1. The number of aryl methyl sites for hydroxylation is 1. The van der Waals surface area contributed by atoms with Gasteiger partial charge in [0, 0.05) is 17.8 Å². The summed E-state index contributed by atoms with van der Waals surface area (Å²) in [7, 11) is 1.53. The number of pyridine rings is 1. The highest BCUT2D eigenvalue weighted by Gasteiger charge is 2.37. The van der Waals surface area contributed by atoms with Crippen molar-refractivity contribution in [1.82, 2.24) is 4.98 Å². The third-order valence-electron chi connectivity index (χ3n) is 3.17. The van der Waals surface area contributed by atoms with Gasteiger partial charge in [0.25, 0.3) is 11.8 Å². The summed E-state index contributed by atoms with van der Waals surface area (Å²) in [6.45, 7) is 1.78. The number of amides is 2. The maximum absolute atomic E-state index is 12.3. The molecule has 1 aromatic heterocycles. The number of ether oxygens (including phenoxy) is 1. The average Bonchev–Trinajstić information content (AvgIpc) is 2.71. The molecule has 0 radical (unpaired) electrons. The lowest BCUT2D eigenvalue weighted by Gasteiger charge is -2.14. The molecule has 3 rings (SSSR count). The Morgan fingerprint density at radius 1 is 1.05 bits per heavy atom. The van der Waals surface area contributed by atoms with Gasteiger partial charge in [-0.25, -0.2) is 9.88 Å². The number of hydrogen-bond acceptors (Lipinski definition) is 4. The van der Waals surface area contributed by atoms with Crippen molar-refractivity contribution in [3.8, 4) is 5.75 Å². The van der Waals surface area contributed by atoms with Crippen LogP contribution in [0.3, 0.4) is 0 Å². The van der Waals surface area contributed by atoms with Crippen molar-refractivity contribution in [2.45, 2.75) is 6.92 Å². The number of benzene rings is 1. The van der Waals surface area contributed by atoms with E-state index in [2.05, 4.69) is 4.98 Å². The number of hydrogen-bond donors (Lipinski definition) is 0. The Labute approximate surface area is 115 Å². The van der Waals surface area contributed by atoms with Gasteiger partial charge in [-0.1, -0.05) is 12.1 Å². The third kappa shape index (κ3) is 1.75. The first-order chi connectivity index (χ1) is 9.61. The largest absolute Gasteiger partial charge is 0.497 e.